The zero-order chi connectivity index (χ0) is 17.2. The van der Waals surface area contributed by atoms with Crippen molar-refractivity contribution in [2.24, 2.45) is 0 Å². The van der Waals surface area contributed by atoms with Gasteiger partial charge in [-0.15, -0.1) is 0 Å². The maximum Gasteiger partial charge on any atom is 0.264 e. The van der Waals surface area contributed by atoms with Gasteiger partial charge in [-0.1, -0.05) is 35.5 Å². The fourth-order valence-electron chi connectivity index (χ4n) is 2.32. The molecule has 2 aromatic carbocycles. The first-order valence-electron chi connectivity index (χ1n) is 7.19. The van der Waals surface area contributed by atoms with Gasteiger partial charge in [0.15, 0.2) is 0 Å². The van der Waals surface area contributed by atoms with E-state index in [-0.39, 0.29) is 10.8 Å². The molecule has 7 heteroatoms. The highest BCUT2D eigenvalue weighted by Crippen LogP contribution is 2.31. The third kappa shape index (κ3) is 3.11. The van der Waals surface area contributed by atoms with Gasteiger partial charge in [0.25, 0.3) is 10.0 Å². The number of methoxy groups -OCH3 is 1. The van der Waals surface area contributed by atoms with Crippen molar-refractivity contribution < 1.29 is 17.7 Å². The molecule has 1 N–H and O–H groups in total. The zero-order valence-corrected chi connectivity index (χ0v) is 14.0. The number of hydrogen-bond donors (Lipinski definition) is 1. The van der Waals surface area contributed by atoms with Crippen molar-refractivity contribution in [3.05, 3.63) is 60.3 Å². The summed E-state index contributed by atoms with van der Waals surface area (Å²) in [7, 11) is -2.19. The first-order valence-corrected chi connectivity index (χ1v) is 8.67. The highest BCUT2D eigenvalue weighted by Gasteiger charge is 2.21. The van der Waals surface area contributed by atoms with Crippen LogP contribution < -0.4 is 9.46 Å². The van der Waals surface area contributed by atoms with E-state index >= 15 is 0 Å². The van der Waals surface area contributed by atoms with Gasteiger partial charge in [-0.25, -0.2) is 13.1 Å². The molecule has 0 unspecified atom stereocenters. The summed E-state index contributed by atoms with van der Waals surface area (Å²) in [5.74, 6) is 0.778. The molecule has 1 aromatic heterocycles. The van der Waals surface area contributed by atoms with Gasteiger partial charge in [0.2, 0.25) is 5.88 Å². The van der Waals surface area contributed by atoms with Crippen LogP contribution in [-0.2, 0) is 10.0 Å². The number of nitrogens with one attached hydrogen (secondary N) is 1. The summed E-state index contributed by atoms with van der Waals surface area (Å²) in [5, 5.41) is 3.71. The molecule has 6 nitrogen and oxygen atoms in total. The number of benzene rings is 2. The van der Waals surface area contributed by atoms with E-state index in [4.69, 9.17) is 9.26 Å². The molecule has 0 atom stereocenters. The van der Waals surface area contributed by atoms with Crippen LogP contribution in [0.4, 0.5) is 5.88 Å². The smallest absolute Gasteiger partial charge is 0.264 e. The standard InChI is InChI=1S/C17H16N2O4S/c1-12-5-3-4-6-16(12)24(20,21)19-17-15(11-18-23-17)13-7-9-14(22-2)10-8-13/h3-11,19H,1-2H3. The molecular weight excluding hydrogens is 328 g/mol. The molecule has 0 radical (unpaired) electrons. The SMILES string of the molecule is COc1ccc(-c2cnoc2NS(=O)(=O)c2ccccc2C)cc1. The van der Waals surface area contributed by atoms with E-state index in [9.17, 15) is 8.42 Å². The Labute approximate surface area is 140 Å². The van der Waals surface area contributed by atoms with E-state index < -0.39 is 10.0 Å². The normalized spacial score (nSPS) is 11.2. The summed E-state index contributed by atoms with van der Waals surface area (Å²) in [6.07, 6.45) is 1.47. The largest absolute Gasteiger partial charge is 0.497 e. The van der Waals surface area contributed by atoms with Crippen LogP contribution in [0.15, 0.2) is 64.1 Å². The highest BCUT2D eigenvalue weighted by atomic mass is 32.2. The average molecular weight is 344 g/mol. The lowest BCUT2D eigenvalue weighted by Gasteiger charge is -2.09. The Morgan fingerprint density at radius 1 is 1.08 bits per heavy atom. The molecule has 0 fully saturated rings. The van der Waals surface area contributed by atoms with Gasteiger partial charge >= 0.3 is 0 Å². The van der Waals surface area contributed by atoms with Gasteiger partial charge in [0, 0.05) is 0 Å². The number of sulfonamides is 1. The van der Waals surface area contributed by atoms with Gasteiger partial charge in [0.05, 0.1) is 23.8 Å². The second-order valence-electron chi connectivity index (χ2n) is 5.17. The summed E-state index contributed by atoms with van der Waals surface area (Å²) >= 11 is 0. The number of rotatable bonds is 5. The molecule has 0 bridgehead atoms. The first-order chi connectivity index (χ1) is 11.5. The lowest BCUT2D eigenvalue weighted by atomic mass is 10.1. The van der Waals surface area contributed by atoms with Gasteiger partial charge in [-0.05, 0) is 36.2 Å². The summed E-state index contributed by atoms with van der Waals surface area (Å²) in [6.45, 7) is 1.74. The number of anilines is 1. The maximum absolute atomic E-state index is 12.6. The highest BCUT2D eigenvalue weighted by molar-refractivity contribution is 7.92. The predicted octanol–water partition coefficient (Wildman–Crippen LogP) is 3.46. The number of hydrogen-bond acceptors (Lipinski definition) is 5. The summed E-state index contributed by atoms with van der Waals surface area (Å²) in [4.78, 5) is 0.196. The van der Waals surface area contributed by atoms with Crippen molar-refractivity contribution in [3.63, 3.8) is 0 Å². The lowest BCUT2D eigenvalue weighted by Crippen LogP contribution is -2.14. The van der Waals surface area contributed by atoms with Gasteiger partial charge in [0.1, 0.15) is 5.75 Å². The quantitative estimate of drug-likeness (QED) is 0.766. The van der Waals surface area contributed by atoms with Gasteiger partial charge in [-0.2, -0.15) is 0 Å². The Bertz CT molecular complexity index is 947. The van der Waals surface area contributed by atoms with E-state index in [1.165, 1.54) is 6.20 Å². The van der Waals surface area contributed by atoms with Gasteiger partial charge < -0.3 is 9.26 Å². The van der Waals surface area contributed by atoms with Crippen LogP contribution in [0.2, 0.25) is 0 Å². The maximum atomic E-state index is 12.6. The minimum atomic E-state index is -3.77. The second kappa shape index (κ2) is 6.37. The minimum absolute atomic E-state index is 0.0726. The summed E-state index contributed by atoms with van der Waals surface area (Å²) in [6, 6.07) is 13.9. The van der Waals surface area contributed by atoms with Crippen LogP contribution in [0.1, 0.15) is 5.56 Å². The molecule has 0 aliphatic heterocycles. The molecule has 3 rings (SSSR count). The van der Waals surface area contributed by atoms with E-state index in [1.54, 1.807) is 62.6 Å². The Hall–Kier alpha value is -2.80. The van der Waals surface area contributed by atoms with E-state index in [1.807, 2.05) is 0 Å². The van der Waals surface area contributed by atoms with E-state index in [0.717, 1.165) is 5.56 Å². The predicted molar refractivity (Wildman–Crippen MR) is 90.5 cm³/mol. The van der Waals surface area contributed by atoms with Crippen LogP contribution in [0.3, 0.4) is 0 Å². The fourth-order valence-corrected chi connectivity index (χ4v) is 3.58. The Morgan fingerprint density at radius 3 is 2.46 bits per heavy atom. The molecule has 0 saturated heterocycles. The number of nitrogens with zero attached hydrogens (tertiary/aromatic N) is 1. The zero-order valence-electron chi connectivity index (χ0n) is 13.2. The number of ether oxygens (including phenoxy) is 1. The van der Waals surface area contributed by atoms with Crippen LogP contribution in [0.5, 0.6) is 5.75 Å². The molecule has 0 saturated carbocycles. The molecule has 1 heterocycles. The summed E-state index contributed by atoms with van der Waals surface area (Å²) in [5.41, 5.74) is 1.96. The minimum Gasteiger partial charge on any atom is -0.497 e. The van der Waals surface area contributed by atoms with Crippen molar-refractivity contribution in [2.45, 2.75) is 11.8 Å². The van der Waals surface area contributed by atoms with Crippen LogP contribution in [0.25, 0.3) is 11.1 Å². The third-order valence-corrected chi connectivity index (χ3v) is 5.07. The Balaban J connectivity index is 1.94. The molecule has 0 aliphatic carbocycles. The van der Waals surface area contributed by atoms with Crippen molar-refractivity contribution in [1.82, 2.24) is 5.16 Å². The van der Waals surface area contributed by atoms with E-state index in [0.29, 0.717) is 16.9 Å². The van der Waals surface area contributed by atoms with E-state index in [2.05, 4.69) is 9.88 Å². The van der Waals surface area contributed by atoms with Crippen LogP contribution in [-0.4, -0.2) is 20.7 Å². The molecule has 3 aromatic rings. The Kier molecular flexibility index (Phi) is 4.26. The molecule has 0 spiro atoms. The molecule has 0 amide bonds. The van der Waals surface area contributed by atoms with Crippen molar-refractivity contribution in [1.29, 1.82) is 0 Å². The third-order valence-electron chi connectivity index (χ3n) is 3.58. The number of aryl methyl sites for hydroxylation is 1. The first kappa shape index (κ1) is 16.1. The van der Waals surface area contributed by atoms with Crippen molar-refractivity contribution in [2.75, 3.05) is 11.8 Å². The summed E-state index contributed by atoms with van der Waals surface area (Å²) < 4.78 is 37.9. The van der Waals surface area contributed by atoms with Crippen LogP contribution >= 0.6 is 0 Å². The van der Waals surface area contributed by atoms with Gasteiger partial charge in [-0.3, -0.25) is 0 Å². The number of aromatic nitrogens is 1. The average Bonchev–Trinajstić information content (AvgIpc) is 3.02. The van der Waals surface area contributed by atoms with Crippen molar-refractivity contribution >= 4 is 15.9 Å². The molecular formula is C17H16N2O4S. The molecule has 124 valence electrons. The topological polar surface area (TPSA) is 81.4 Å². The fraction of sp³-hybridized carbons (Fsp3) is 0.118. The molecule has 24 heavy (non-hydrogen) atoms. The van der Waals surface area contributed by atoms with Crippen molar-refractivity contribution in [3.8, 4) is 16.9 Å². The molecule has 0 aliphatic rings. The lowest BCUT2D eigenvalue weighted by molar-refractivity contribution is 0.415. The van der Waals surface area contributed by atoms with Crippen LogP contribution in [0, 0.1) is 6.92 Å². The monoisotopic (exact) mass is 344 g/mol. The Morgan fingerprint density at radius 2 is 1.79 bits per heavy atom. The second-order valence-corrected chi connectivity index (χ2v) is 6.82.